The maximum absolute atomic E-state index is 13.3. The molecule has 0 atom stereocenters. The van der Waals surface area contributed by atoms with Crippen LogP contribution in [-0.2, 0) is 15.6 Å². The molecule has 0 amide bonds. The Morgan fingerprint density at radius 3 is 2.44 bits per heavy atom. The largest absolute Gasteiger partial charge is 0.349 e. The van der Waals surface area contributed by atoms with Crippen LogP contribution in [0.2, 0.25) is 0 Å². The molecular weight excluding hydrogens is 456 g/mol. The van der Waals surface area contributed by atoms with E-state index in [0.29, 0.717) is 10.8 Å². The van der Waals surface area contributed by atoms with Crippen molar-refractivity contribution >= 4 is 39.0 Å². The van der Waals surface area contributed by atoms with Crippen LogP contribution in [0.15, 0.2) is 92.5 Å². The summed E-state index contributed by atoms with van der Waals surface area (Å²) >= 11 is 2.91. The fourth-order valence-corrected chi connectivity index (χ4v) is 6.16. The van der Waals surface area contributed by atoms with Crippen LogP contribution < -0.4 is 5.32 Å². The van der Waals surface area contributed by atoms with Gasteiger partial charge in [-0.25, -0.2) is 8.42 Å². The summed E-state index contributed by atoms with van der Waals surface area (Å²) in [4.78, 5) is 0.855. The van der Waals surface area contributed by atoms with Crippen molar-refractivity contribution in [2.75, 3.05) is 11.6 Å². The second-order valence-corrected chi connectivity index (χ2v) is 10.9. The minimum Gasteiger partial charge on any atom is -0.349 e. The highest BCUT2D eigenvalue weighted by Gasteiger charge is 2.25. The lowest BCUT2D eigenvalue weighted by molar-refractivity contribution is 0.603. The number of aryl methyl sites for hydroxylation is 2. The Morgan fingerprint density at radius 2 is 1.75 bits per heavy atom. The first kappa shape index (κ1) is 24.0. The first-order valence-electron chi connectivity index (χ1n) is 9.89. The standard InChI is InChI=1S/C25H24N2O2S3/c1-18-12-13-19(2)20(14-18)17-31-25(27-21-8-7-9-22(15-21)30-3)24(16-26)32(28,29)23-10-5-4-6-11-23/h4-15,27H,17H2,1-3H3/b25-24+. The Labute approximate surface area is 198 Å². The van der Waals surface area contributed by atoms with E-state index < -0.39 is 9.84 Å². The van der Waals surface area contributed by atoms with Crippen LogP contribution in [0.25, 0.3) is 0 Å². The predicted molar refractivity (Wildman–Crippen MR) is 135 cm³/mol. The van der Waals surface area contributed by atoms with Crippen molar-refractivity contribution in [1.29, 1.82) is 5.26 Å². The van der Waals surface area contributed by atoms with Crippen LogP contribution in [0.3, 0.4) is 0 Å². The van der Waals surface area contributed by atoms with E-state index in [1.54, 1.807) is 30.0 Å². The number of sulfone groups is 1. The molecule has 0 saturated heterocycles. The highest BCUT2D eigenvalue weighted by atomic mass is 32.2. The lowest BCUT2D eigenvalue weighted by Crippen LogP contribution is -2.10. The van der Waals surface area contributed by atoms with Crippen molar-refractivity contribution in [2.45, 2.75) is 29.4 Å². The number of nitrogens with zero attached hydrogens (tertiary/aromatic N) is 1. The van der Waals surface area contributed by atoms with Crippen molar-refractivity contribution in [3.63, 3.8) is 0 Å². The molecule has 0 aromatic heterocycles. The normalized spacial score (nSPS) is 12.1. The molecule has 0 saturated carbocycles. The van der Waals surface area contributed by atoms with Gasteiger partial charge in [-0.15, -0.1) is 23.5 Å². The molecule has 7 heteroatoms. The molecule has 0 radical (unpaired) electrons. The topological polar surface area (TPSA) is 70.0 Å². The molecule has 1 N–H and O–H groups in total. The van der Waals surface area contributed by atoms with Crippen molar-refractivity contribution in [1.82, 2.24) is 0 Å². The molecule has 0 heterocycles. The summed E-state index contributed by atoms with van der Waals surface area (Å²) in [5.41, 5.74) is 4.09. The Hall–Kier alpha value is -2.66. The van der Waals surface area contributed by atoms with Gasteiger partial charge in [0.15, 0.2) is 4.91 Å². The van der Waals surface area contributed by atoms with Gasteiger partial charge >= 0.3 is 0 Å². The Morgan fingerprint density at radius 1 is 1.00 bits per heavy atom. The van der Waals surface area contributed by atoms with E-state index in [0.717, 1.165) is 27.3 Å². The van der Waals surface area contributed by atoms with Gasteiger partial charge < -0.3 is 5.32 Å². The number of nitriles is 1. The number of anilines is 1. The van der Waals surface area contributed by atoms with Crippen LogP contribution in [0.1, 0.15) is 16.7 Å². The zero-order valence-electron chi connectivity index (χ0n) is 18.1. The van der Waals surface area contributed by atoms with E-state index in [4.69, 9.17) is 0 Å². The fraction of sp³-hybridized carbons (Fsp3) is 0.160. The first-order chi connectivity index (χ1) is 15.3. The van der Waals surface area contributed by atoms with Crippen LogP contribution in [-0.4, -0.2) is 14.7 Å². The molecule has 3 aromatic carbocycles. The Bertz CT molecular complexity index is 1280. The summed E-state index contributed by atoms with van der Waals surface area (Å²) in [6, 6.07) is 23.9. The quantitative estimate of drug-likeness (QED) is 0.292. The van der Waals surface area contributed by atoms with Gasteiger partial charge in [-0.05, 0) is 61.6 Å². The van der Waals surface area contributed by atoms with Gasteiger partial charge in [0.2, 0.25) is 9.84 Å². The molecule has 0 bridgehead atoms. The van der Waals surface area contributed by atoms with E-state index in [1.165, 1.54) is 23.9 Å². The van der Waals surface area contributed by atoms with Gasteiger partial charge in [-0.1, -0.05) is 48.0 Å². The van der Waals surface area contributed by atoms with Crippen LogP contribution in [0.5, 0.6) is 0 Å². The molecule has 0 spiro atoms. The molecule has 0 fully saturated rings. The zero-order valence-corrected chi connectivity index (χ0v) is 20.6. The van der Waals surface area contributed by atoms with E-state index >= 15 is 0 Å². The van der Waals surface area contributed by atoms with E-state index in [-0.39, 0.29) is 9.80 Å². The average Bonchev–Trinajstić information content (AvgIpc) is 2.80. The van der Waals surface area contributed by atoms with Crippen molar-refractivity contribution in [3.8, 4) is 6.07 Å². The number of allylic oxidation sites excluding steroid dienone is 1. The third kappa shape index (κ3) is 5.77. The van der Waals surface area contributed by atoms with Crippen molar-refractivity contribution in [2.24, 2.45) is 0 Å². The van der Waals surface area contributed by atoms with E-state index in [2.05, 4.69) is 17.4 Å². The van der Waals surface area contributed by atoms with Gasteiger partial charge in [-0.3, -0.25) is 0 Å². The average molecular weight is 481 g/mol. The monoisotopic (exact) mass is 480 g/mol. The minimum atomic E-state index is -3.98. The molecule has 0 aliphatic rings. The zero-order chi connectivity index (χ0) is 23.1. The third-order valence-corrected chi connectivity index (χ3v) is 8.46. The van der Waals surface area contributed by atoms with Gasteiger partial charge in [-0.2, -0.15) is 5.26 Å². The van der Waals surface area contributed by atoms with Gasteiger partial charge in [0.25, 0.3) is 0 Å². The Kier molecular flexibility index (Phi) is 8.08. The fourth-order valence-electron chi connectivity index (χ4n) is 3.05. The Balaban J connectivity index is 2.07. The lowest BCUT2D eigenvalue weighted by Gasteiger charge is -2.15. The van der Waals surface area contributed by atoms with Crippen LogP contribution in [0.4, 0.5) is 5.69 Å². The molecule has 3 aromatic rings. The summed E-state index contributed by atoms with van der Waals surface area (Å²) in [6.45, 7) is 4.05. The van der Waals surface area contributed by atoms with Gasteiger partial charge in [0.1, 0.15) is 11.1 Å². The second kappa shape index (κ2) is 10.8. The molecule has 4 nitrogen and oxygen atoms in total. The molecule has 3 rings (SSSR count). The molecule has 164 valence electrons. The third-order valence-electron chi connectivity index (χ3n) is 4.83. The maximum Gasteiger partial charge on any atom is 0.219 e. The smallest absolute Gasteiger partial charge is 0.219 e. The number of nitrogens with one attached hydrogen (secondary N) is 1. The second-order valence-electron chi connectivity index (χ2n) is 7.16. The summed E-state index contributed by atoms with van der Waals surface area (Å²) < 4.78 is 26.6. The number of thioether (sulfide) groups is 2. The molecule has 0 aliphatic heterocycles. The number of benzene rings is 3. The molecule has 0 aliphatic carbocycles. The first-order valence-corrected chi connectivity index (χ1v) is 13.6. The molecular formula is C25H24N2O2S3. The highest BCUT2D eigenvalue weighted by molar-refractivity contribution is 8.04. The number of hydrogen-bond donors (Lipinski definition) is 1. The van der Waals surface area contributed by atoms with E-state index in [9.17, 15) is 13.7 Å². The lowest BCUT2D eigenvalue weighted by atomic mass is 10.1. The van der Waals surface area contributed by atoms with E-state index in [1.807, 2.05) is 56.5 Å². The predicted octanol–water partition coefficient (Wildman–Crippen LogP) is 6.54. The summed E-state index contributed by atoms with van der Waals surface area (Å²) in [5.74, 6) is 0.535. The molecule has 32 heavy (non-hydrogen) atoms. The summed E-state index contributed by atoms with van der Waals surface area (Å²) in [6.07, 6.45) is 1.98. The van der Waals surface area contributed by atoms with Crippen molar-refractivity contribution < 1.29 is 8.42 Å². The van der Waals surface area contributed by atoms with Gasteiger partial charge in [0.05, 0.1) is 4.90 Å². The SMILES string of the molecule is CSc1cccc(N/C(SCc2cc(C)ccc2C)=C(/C#N)S(=O)(=O)c2ccccc2)c1. The number of rotatable bonds is 8. The number of hydrogen-bond acceptors (Lipinski definition) is 6. The van der Waals surface area contributed by atoms with Crippen molar-refractivity contribution in [3.05, 3.63) is 99.4 Å². The minimum absolute atomic E-state index is 0.0982. The summed E-state index contributed by atoms with van der Waals surface area (Å²) in [7, 11) is -3.98. The van der Waals surface area contributed by atoms with Crippen LogP contribution in [0, 0.1) is 25.2 Å². The van der Waals surface area contributed by atoms with Crippen LogP contribution >= 0.6 is 23.5 Å². The summed E-state index contributed by atoms with van der Waals surface area (Å²) in [5, 5.41) is 13.5. The molecule has 0 unspecified atom stereocenters. The maximum atomic E-state index is 13.3. The van der Waals surface area contributed by atoms with Gasteiger partial charge in [0, 0.05) is 16.3 Å². The highest BCUT2D eigenvalue weighted by Crippen LogP contribution is 2.32.